The Labute approximate surface area is 113 Å². The van der Waals surface area contributed by atoms with Gasteiger partial charge in [-0.3, -0.25) is 4.79 Å². The first kappa shape index (κ1) is 15.2. The van der Waals surface area contributed by atoms with Crippen molar-refractivity contribution < 1.29 is 19.8 Å². The van der Waals surface area contributed by atoms with Gasteiger partial charge >= 0.3 is 11.9 Å². The van der Waals surface area contributed by atoms with E-state index >= 15 is 0 Å². The molecule has 0 fully saturated rings. The minimum absolute atomic E-state index is 0.0391. The molecule has 0 aliphatic heterocycles. The van der Waals surface area contributed by atoms with Gasteiger partial charge in [-0.1, -0.05) is 44.2 Å². The Kier molecular flexibility index (Phi) is 5.10. The molecule has 104 valence electrons. The summed E-state index contributed by atoms with van der Waals surface area (Å²) in [5.41, 5.74) is -0.332. The second kappa shape index (κ2) is 6.36. The van der Waals surface area contributed by atoms with Crippen LogP contribution in [0.1, 0.15) is 33.1 Å². The van der Waals surface area contributed by atoms with Gasteiger partial charge in [0.1, 0.15) is 0 Å². The van der Waals surface area contributed by atoms with E-state index in [0.717, 1.165) is 6.42 Å². The summed E-state index contributed by atoms with van der Waals surface area (Å²) in [5.74, 6) is -1.92. The van der Waals surface area contributed by atoms with Crippen LogP contribution in [0.5, 0.6) is 0 Å². The molecule has 1 aliphatic rings. The predicted octanol–water partition coefficient (Wildman–Crippen LogP) is 3.02. The monoisotopic (exact) mass is 264 g/mol. The van der Waals surface area contributed by atoms with Crippen molar-refractivity contribution in [3.8, 4) is 0 Å². The largest absolute Gasteiger partial charge is 0.481 e. The van der Waals surface area contributed by atoms with Crippen molar-refractivity contribution in [1.82, 2.24) is 0 Å². The lowest BCUT2D eigenvalue weighted by Crippen LogP contribution is -2.32. The van der Waals surface area contributed by atoms with Crippen molar-refractivity contribution in [3.63, 3.8) is 0 Å². The first-order chi connectivity index (χ1) is 8.91. The maximum atomic E-state index is 11.4. The molecule has 19 heavy (non-hydrogen) atoms. The number of hydrogen-bond donors (Lipinski definition) is 2. The van der Waals surface area contributed by atoms with Gasteiger partial charge in [0, 0.05) is 17.4 Å². The van der Waals surface area contributed by atoms with E-state index in [4.69, 9.17) is 5.11 Å². The summed E-state index contributed by atoms with van der Waals surface area (Å²) in [4.78, 5) is 22.1. The lowest BCUT2D eigenvalue weighted by atomic mass is 9.67. The van der Waals surface area contributed by atoms with E-state index in [1.807, 2.05) is 32.1 Å². The Morgan fingerprint density at radius 2 is 2.11 bits per heavy atom. The second-order valence-corrected chi connectivity index (χ2v) is 4.90. The van der Waals surface area contributed by atoms with Gasteiger partial charge in [-0.05, 0) is 18.8 Å². The zero-order chi connectivity index (χ0) is 14.5. The van der Waals surface area contributed by atoms with E-state index in [-0.39, 0.29) is 12.3 Å². The van der Waals surface area contributed by atoms with Gasteiger partial charge in [-0.2, -0.15) is 0 Å². The number of carboxylic acids is 2. The molecule has 0 spiro atoms. The fourth-order valence-corrected chi connectivity index (χ4v) is 2.42. The van der Waals surface area contributed by atoms with Crippen LogP contribution in [0.2, 0.25) is 0 Å². The van der Waals surface area contributed by atoms with Gasteiger partial charge in [0.25, 0.3) is 0 Å². The molecule has 0 saturated heterocycles. The van der Waals surface area contributed by atoms with E-state index in [1.165, 1.54) is 0 Å². The molecule has 1 rings (SSSR count). The van der Waals surface area contributed by atoms with Crippen LogP contribution in [0.3, 0.4) is 0 Å². The minimum atomic E-state index is -0.951. The van der Waals surface area contributed by atoms with E-state index in [1.54, 1.807) is 12.2 Å². The Morgan fingerprint density at radius 1 is 1.42 bits per heavy atom. The van der Waals surface area contributed by atoms with Gasteiger partial charge in [0.05, 0.1) is 0 Å². The molecule has 1 aliphatic carbocycles. The number of hydrogen-bond acceptors (Lipinski definition) is 2. The van der Waals surface area contributed by atoms with Crippen molar-refractivity contribution >= 4 is 11.9 Å². The zero-order valence-electron chi connectivity index (χ0n) is 11.3. The highest BCUT2D eigenvalue weighted by atomic mass is 16.4. The van der Waals surface area contributed by atoms with Crippen LogP contribution in [0.25, 0.3) is 0 Å². The fraction of sp³-hybridized carbons (Fsp3) is 0.467. The van der Waals surface area contributed by atoms with Crippen LogP contribution in [-0.4, -0.2) is 22.2 Å². The highest BCUT2D eigenvalue weighted by Gasteiger charge is 2.38. The SMILES string of the molecule is CCC=CC1(C)C(C(=O)O)=CC=CC1CCC(=O)O. The number of aliphatic carboxylic acids is 2. The van der Waals surface area contributed by atoms with Crippen molar-refractivity contribution in [1.29, 1.82) is 0 Å². The Bertz CT molecular complexity index is 445. The van der Waals surface area contributed by atoms with Crippen LogP contribution in [0.4, 0.5) is 0 Å². The van der Waals surface area contributed by atoms with Crippen LogP contribution in [0.15, 0.2) is 36.0 Å². The standard InChI is InChI=1S/C15H20O4/c1-3-4-10-15(2)11(8-9-13(16)17)6-5-7-12(15)14(18)19/h4-7,10-11H,3,8-9H2,1-2H3,(H,16,17)(H,18,19). The minimum Gasteiger partial charge on any atom is -0.481 e. The summed E-state index contributed by atoms with van der Waals surface area (Å²) in [5, 5.41) is 18.1. The lowest BCUT2D eigenvalue weighted by Gasteiger charge is -2.36. The molecule has 2 unspecified atom stereocenters. The van der Waals surface area contributed by atoms with E-state index < -0.39 is 17.4 Å². The molecule has 0 saturated carbocycles. The summed E-state index contributed by atoms with van der Waals surface area (Å²) >= 11 is 0. The summed E-state index contributed by atoms with van der Waals surface area (Å²) in [6.07, 6.45) is 10.3. The molecule has 2 N–H and O–H groups in total. The van der Waals surface area contributed by atoms with Gasteiger partial charge in [-0.15, -0.1) is 0 Å². The maximum absolute atomic E-state index is 11.4. The third kappa shape index (κ3) is 3.56. The molecule has 4 nitrogen and oxygen atoms in total. The molecule has 0 aromatic rings. The molecule has 0 aromatic carbocycles. The summed E-state index contributed by atoms with van der Waals surface area (Å²) in [7, 11) is 0. The third-order valence-corrected chi connectivity index (χ3v) is 3.56. The van der Waals surface area contributed by atoms with E-state index in [0.29, 0.717) is 12.0 Å². The van der Waals surface area contributed by atoms with Crippen molar-refractivity contribution in [3.05, 3.63) is 36.0 Å². The third-order valence-electron chi connectivity index (χ3n) is 3.56. The Hall–Kier alpha value is -1.84. The summed E-state index contributed by atoms with van der Waals surface area (Å²) in [6.45, 7) is 3.84. The summed E-state index contributed by atoms with van der Waals surface area (Å²) < 4.78 is 0. The lowest BCUT2D eigenvalue weighted by molar-refractivity contribution is -0.137. The second-order valence-electron chi connectivity index (χ2n) is 4.90. The predicted molar refractivity (Wildman–Crippen MR) is 72.8 cm³/mol. The smallest absolute Gasteiger partial charge is 0.332 e. The topological polar surface area (TPSA) is 74.6 Å². The van der Waals surface area contributed by atoms with Gasteiger partial charge in [0.2, 0.25) is 0 Å². The van der Waals surface area contributed by atoms with Crippen LogP contribution < -0.4 is 0 Å². The normalized spacial score (nSPS) is 26.4. The molecule has 0 amide bonds. The quantitative estimate of drug-likeness (QED) is 0.723. The van der Waals surface area contributed by atoms with E-state index in [2.05, 4.69) is 0 Å². The Morgan fingerprint density at radius 3 is 2.63 bits per heavy atom. The number of carbonyl (C=O) groups is 2. The molecular formula is C15H20O4. The van der Waals surface area contributed by atoms with Crippen LogP contribution in [0, 0.1) is 11.3 Å². The number of rotatable bonds is 6. The first-order valence-corrected chi connectivity index (χ1v) is 6.43. The van der Waals surface area contributed by atoms with Crippen LogP contribution >= 0.6 is 0 Å². The number of carboxylic acid groups (broad SMARTS) is 2. The van der Waals surface area contributed by atoms with Gasteiger partial charge in [-0.25, -0.2) is 4.79 Å². The van der Waals surface area contributed by atoms with Gasteiger partial charge in [0.15, 0.2) is 0 Å². The van der Waals surface area contributed by atoms with Crippen LogP contribution in [-0.2, 0) is 9.59 Å². The molecule has 0 heterocycles. The fourth-order valence-electron chi connectivity index (χ4n) is 2.42. The average molecular weight is 264 g/mol. The molecule has 0 radical (unpaired) electrons. The Balaban J connectivity index is 3.06. The average Bonchev–Trinajstić information content (AvgIpc) is 2.34. The van der Waals surface area contributed by atoms with Crippen molar-refractivity contribution in [2.24, 2.45) is 11.3 Å². The van der Waals surface area contributed by atoms with Crippen molar-refractivity contribution in [2.75, 3.05) is 0 Å². The molecule has 4 heteroatoms. The molecule has 2 atom stereocenters. The number of allylic oxidation sites excluding steroid dienone is 5. The first-order valence-electron chi connectivity index (χ1n) is 6.43. The zero-order valence-corrected chi connectivity index (χ0v) is 11.3. The molecule has 0 bridgehead atoms. The molecular weight excluding hydrogens is 244 g/mol. The maximum Gasteiger partial charge on any atom is 0.332 e. The molecule has 0 aromatic heterocycles. The van der Waals surface area contributed by atoms with E-state index in [9.17, 15) is 14.7 Å². The van der Waals surface area contributed by atoms with Crippen molar-refractivity contribution in [2.45, 2.75) is 33.1 Å². The highest BCUT2D eigenvalue weighted by Crippen LogP contribution is 2.43. The highest BCUT2D eigenvalue weighted by molar-refractivity contribution is 5.89. The van der Waals surface area contributed by atoms with Gasteiger partial charge < -0.3 is 10.2 Å². The summed E-state index contributed by atoms with van der Waals surface area (Å²) in [6, 6.07) is 0.